The fraction of sp³-hybridized carbons (Fsp3) is 0.522. The molecule has 95 heavy (non-hydrogen) atoms. The minimum Gasteiger partial charge on any atom is -0.465 e. The molecule has 0 unspecified atom stereocenters. The Morgan fingerprint density at radius 1 is 0.516 bits per heavy atom. The first-order valence-corrected chi connectivity index (χ1v) is 31.0. The molecule has 0 amide bonds. The predicted octanol–water partition coefficient (Wildman–Crippen LogP) is 6.42. The van der Waals surface area contributed by atoms with Gasteiger partial charge in [-0.05, 0) is 36.1 Å². The van der Waals surface area contributed by atoms with Gasteiger partial charge in [-0.15, -0.1) is 6.58 Å². The zero-order chi connectivity index (χ0) is 68.3. The van der Waals surface area contributed by atoms with Gasteiger partial charge in [0.2, 0.25) is 0 Å². The third-order valence-corrected chi connectivity index (χ3v) is 15.6. The number of ether oxygens (including phenoxy) is 19. The highest BCUT2D eigenvalue weighted by Gasteiger charge is 2.66. The van der Waals surface area contributed by atoms with Crippen LogP contribution in [0.3, 0.4) is 0 Å². The molecular weight excluding hydrogens is 1240 g/mol. The Labute approximate surface area is 551 Å². The van der Waals surface area contributed by atoms with Crippen LogP contribution in [0, 0.1) is 0 Å². The molecule has 4 saturated heterocycles. The standard InChI is InChI=1S/C69H84O26/c1-11-32-84-68(65(75)77-9)33-51(92-69(66(76)78-10)34-52-58(93-67(7,8)91-52)60(95-69)54(83-38-50-30-22-15-23-31-50)40-80-36-48-26-18-13-19-27-48)56(59(94-68)53(82-37-49-28-20-14-21-29-49)39-79-35-47-24-16-12-17-25-47)89-64-63(88-46(6)74)62(87-45(5)73)61(86-44(4)72)57(90-64)55(85-43(3)71)41-81-42(2)70/h11-31,51-64H,1,32-41H2,2-10H3/t51-,52-,53-,54-,55+,56-,57-,58-,59-,60-,61-,62+,63+,64+,68-,69-/m1/s1. The molecule has 4 aromatic rings. The smallest absolute Gasteiger partial charge is 0.366 e. The number of hydrogen-bond donors (Lipinski definition) is 0. The van der Waals surface area contributed by atoms with Crippen LogP contribution in [0.25, 0.3) is 0 Å². The van der Waals surface area contributed by atoms with E-state index >= 15 is 4.79 Å². The van der Waals surface area contributed by atoms with Crippen LogP contribution in [0.2, 0.25) is 0 Å². The second-order valence-corrected chi connectivity index (χ2v) is 23.4. The lowest BCUT2D eigenvalue weighted by molar-refractivity contribution is -0.397. The molecule has 0 N–H and O–H groups in total. The molecule has 16 atom stereocenters. The van der Waals surface area contributed by atoms with Crippen molar-refractivity contribution in [1.29, 1.82) is 0 Å². The first kappa shape index (κ1) is 73.2. The second kappa shape index (κ2) is 34.4. The third-order valence-electron chi connectivity index (χ3n) is 15.6. The van der Waals surface area contributed by atoms with E-state index in [1.807, 2.05) is 97.1 Å². The molecule has 26 heteroatoms. The maximum Gasteiger partial charge on any atom is 0.366 e. The molecule has 26 nitrogen and oxygen atoms in total. The van der Waals surface area contributed by atoms with Crippen LogP contribution in [-0.4, -0.2) is 185 Å². The SMILES string of the molecule is C=CCO[C@]1(C(=O)OC)C[C@@H](O[C@]2(C(=O)OC)C[C@H]3OC(C)(C)O[C@H]3[C@@H]([C@@H](COCc3ccccc3)OCc3ccccc3)O2)[C@@H](O[C@H]2O[C@H]([C@H](COC(C)=O)OC(C)=O)[C@@H](OC(C)=O)[C@H](OC(C)=O)[C@@H]2OC(C)=O)[C@@H]([C@@H](COCc2ccccc2)OCc2ccccc2)O1. The monoisotopic (exact) mass is 1330 g/mol. The summed E-state index contributed by atoms with van der Waals surface area (Å²) in [7, 11) is 2.20. The van der Waals surface area contributed by atoms with Gasteiger partial charge in [0, 0.05) is 47.5 Å². The maximum absolute atomic E-state index is 15.4. The van der Waals surface area contributed by atoms with Crippen molar-refractivity contribution in [3.05, 3.63) is 156 Å². The van der Waals surface area contributed by atoms with Gasteiger partial charge in [-0.1, -0.05) is 127 Å². The average Bonchev–Trinajstić information content (AvgIpc) is 1.72. The number of benzene rings is 4. The van der Waals surface area contributed by atoms with Gasteiger partial charge in [0.05, 0.1) is 72.7 Å². The zero-order valence-electron chi connectivity index (χ0n) is 54.6. The number of hydrogen-bond acceptors (Lipinski definition) is 26. The number of esters is 7. The van der Waals surface area contributed by atoms with Gasteiger partial charge in [-0.3, -0.25) is 24.0 Å². The Kier molecular flexibility index (Phi) is 26.5. The van der Waals surface area contributed by atoms with Crippen LogP contribution in [0.1, 0.15) is 83.6 Å². The highest BCUT2D eigenvalue weighted by molar-refractivity contribution is 5.79. The van der Waals surface area contributed by atoms with Crippen molar-refractivity contribution in [1.82, 2.24) is 0 Å². The molecule has 0 aromatic heterocycles. The fourth-order valence-electron chi connectivity index (χ4n) is 11.7. The molecule has 0 bridgehead atoms. The van der Waals surface area contributed by atoms with E-state index in [9.17, 15) is 28.8 Å². The highest BCUT2D eigenvalue weighted by atomic mass is 16.8. The first-order chi connectivity index (χ1) is 45.5. The van der Waals surface area contributed by atoms with Gasteiger partial charge >= 0.3 is 41.8 Å². The van der Waals surface area contributed by atoms with Crippen molar-refractivity contribution in [3.63, 3.8) is 0 Å². The second-order valence-electron chi connectivity index (χ2n) is 23.4. The maximum atomic E-state index is 15.4. The summed E-state index contributed by atoms with van der Waals surface area (Å²) in [5, 5.41) is 0. The van der Waals surface area contributed by atoms with Crippen LogP contribution in [0.15, 0.2) is 134 Å². The summed E-state index contributed by atoms with van der Waals surface area (Å²) in [6, 6.07) is 36.8. The van der Waals surface area contributed by atoms with E-state index < -0.39 is 164 Å². The van der Waals surface area contributed by atoms with E-state index in [2.05, 4.69) is 6.58 Å². The van der Waals surface area contributed by atoms with Crippen LogP contribution >= 0.6 is 0 Å². The number of rotatable bonds is 32. The Hall–Kier alpha value is -7.57. The molecule has 4 heterocycles. The van der Waals surface area contributed by atoms with Crippen LogP contribution in [-0.2, 0) is 150 Å². The highest BCUT2D eigenvalue weighted by Crippen LogP contribution is 2.48. The van der Waals surface area contributed by atoms with Crippen molar-refractivity contribution in [2.45, 2.75) is 191 Å². The number of methoxy groups -OCH3 is 2. The van der Waals surface area contributed by atoms with Gasteiger partial charge in [0.25, 0.3) is 11.6 Å². The lowest BCUT2D eigenvalue weighted by Gasteiger charge is -2.53. The van der Waals surface area contributed by atoms with E-state index in [4.69, 9.17) is 90.0 Å². The summed E-state index contributed by atoms with van der Waals surface area (Å²) in [5.74, 6) is -13.5. The number of carbonyl (C=O) groups is 7. The van der Waals surface area contributed by atoms with E-state index in [-0.39, 0.29) is 46.2 Å². The molecule has 4 aliphatic heterocycles. The lowest BCUT2D eigenvalue weighted by atomic mass is 9.89. The third kappa shape index (κ3) is 20.0. The molecular formula is C69H84O26. The van der Waals surface area contributed by atoms with E-state index in [1.165, 1.54) is 6.08 Å². The topological polar surface area (TPSA) is 295 Å². The van der Waals surface area contributed by atoms with Gasteiger partial charge in [-0.25, -0.2) is 9.59 Å². The average molecular weight is 1330 g/mol. The molecule has 516 valence electrons. The summed E-state index contributed by atoms with van der Waals surface area (Å²) in [6.45, 7) is 10.7. The molecule has 4 aliphatic rings. The number of fused-ring (bicyclic) bond motifs is 1. The van der Waals surface area contributed by atoms with E-state index in [1.54, 1.807) is 38.1 Å². The summed E-state index contributed by atoms with van der Waals surface area (Å²) >= 11 is 0. The minimum atomic E-state index is -2.65. The van der Waals surface area contributed by atoms with Crippen LogP contribution < -0.4 is 0 Å². The van der Waals surface area contributed by atoms with Crippen molar-refractivity contribution in [2.24, 2.45) is 0 Å². The molecule has 0 aliphatic carbocycles. The Bertz CT molecular complexity index is 3150. The normalized spacial score (nSPS) is 27.8. The molecule has 0 saturated carbocycles. The zero-order valence-corrected chi connectivity index (χ0v) is 54.6. The minimum absolute atomic E-state index is 0.00698. The van der Waals surface area contributed by atoms with Crippen molar-refractivity contribution >= 4 is 41.8 Å². The summed E-state index contributed by atoms with van der Waals surface area (Å²) in [4.78, 5) is 96.0. The molecule has 0 radical (unpaired) electrons. The van der Waals surface area contributed by atoms with E-state index in [0.717, 1.165) is 65.5 Å². The van der Waals surface area contributed by atoms with Crippen molar-refractivity contribution in [3.8, 4) is 0 Å². The van der Waals surface area contributed by atoms with Crippen molar-refractivity contribution in [2.75, 3.05) is 40.6 Å². The summed E-state index contributed by atoms with van der Waals surface area (Å²) in [6.07, 6.45) is -22.6. The Morgan fingerprint density at radius 2 is 0.989 bits per heavy atom. The quantitative estimate of drug-likeness (QED) is 0.0289. The fourth-order valence-corrected chi connectivity index (χ4v) is 11.7. The van der Waals surface area contributed by atoms with Gasteiger partial charge in [0.15, 0.2) is 36.5 Å². The molecule has 8 rings (SSSR count). The Morgan fingerprint density at radius 3 is 1.47 bits per heavy atom. The van der Waals surface area contributed by atoms with Gasteiger partial charge in [0.1, 0.15) is 49.3 Å². The molecule has 4 aromatic carbocycles. The molecule has 4 fully saturated rings. The van der Waals surface area contributed by atoms with Crippen LogP contribution in [0.5, 0.6) is 0 Å². The summed E-state index contributed by atoms with van der Waals surface area (Å²) in [5.41, 5.74) is 3.01. The largest absolute Gasteiger partial charge is 0.465 e. The number of carbonyl (C=O) groups excluding carboxylic acids is 7. The van der Waals surface area contributed by atoms with E-state index in [0.29, 0.717) is 5.56 Å². The summed E-state index contributed by atoms with van der Waals surface area (Å²) < 4.78 is 122. The van der Waals surface area contributed by atoms with Crippen molar-refractivity contribution < 1.29 is 124 Å². The predicted molar refractivity (Wildman–Crippen MR) is 328 cm³/mol. The first-order valence-electron chi connectivity index (χ1n) is 31.0. The molecule has 0 spiro atoms. The van der Waals surface area contributed by atoms with Gasteiger partial charge < -0.3 is 90.0 Å². The van der Waals surface area contributed by atoms with Gasteiger partial charge in [-0.2, -0.15) is 0 Å². The van der Waals surface area contributed by atoms with Crippen LogP contribution in [0.4, 0.5) is 0 Å². The Balaban J connectivity index is 1.35. The lowest BCUT2D eigenvalue weighted by Crippen LogP contribution is -2.70.